The van der Waals surface area contributed by atoms with Crippen molar-refractivity contribution in [1.82, 2.24) is 5.32 Å². The smallest absolute Gasteiger partial charge is 0.387 e. The van der Waals surface area contributed by atoms with Gasteiger partial charge in [0.2, 0.25) is 0 Å². The van der Waals surface area contributed by atoms with Gasteiger partial charge >= 0.3 is 12.6 Å². The number of ether oxygens (including phenoxy) is 1. The number of halogens is 2. The molecule has 1 amide bonds. The van der Waals surface area contributed by atoms with Crippen LogP contribution in [0.5, 0.6) is 5.75 Å². The Morgan fingerprint density at radius 2 is 2.10 bits per heavy atom. The van der Waals surface area contributed by atoms with E-state index in [9.17, 15) is 18.4 Å². The van der Waals surface area contributed by atoms with Crippen LogP contribution in [0.4, 0.5) is 8.78 Å². The van der Waals surface area contributed by atoms with Gasteiger partial charge in [0.1, 0.15) is 10.6 Å². The van der Waals surface area contributed by atoms with E-state index < -0.39 is 18.5 Å². The van der Waals surface area contributed by atoms with Crippen molar-refractivity contribution in [2.24, 2.45) is 0 Å². The van der Waals surface area contributed by atoms with Crippen molar-refractivity contribution in [2.75, 3.05) is 6.54 Å². The molecule has 0 saturated heterocycles. The van der Waals surface area contributed by atoms with E-state index >= 15 is 0 Å². The highest BCUT2D eigenvalue weighted by Crippen LogP contribution is 2.30. The van der Waals surface area contributed by atoms with Crippen LogP contribution in [0.2, 0.25) is 0 Å². The highest BCUT2D eigenvalue weighted by Gasteiger charge is 2.18. The summed E-state index contributed by atoms with van der Waals surface area (Å²) in [6, 6.07) is 1.40. The Morgan fingerprint density at radius 3 is 2.71 bits per heavy atom. The summed E-state index contributed by atoms with van der Waals surface area (Å²) in [5.74, 6) is -1.42. The van der Waals surface area contributed by atoms with Crippen molar-refractivity contribution in [2.45, 2.75) is 39.2 Å². The topological polar surface area (TPSA) is 75.6 Å². The molecule has 2 N–H and O–H groups in total. The van der Waals surface area contributed by atoms with Crippen LogP contribution in [0.1, 0.15) is 40.2 Å². The summed E-state index contributed by atoms with van der Waals surface area (Å²) in [4.78, 5) is 23.0. The first-order valence-corrected chi connectivity index (χ1v) is 7.27. The minimum atomic E-state index is -2.97. The number of aliphatic carboxylic acids is 1. The molecule has 5 nitrogen and oxygen atoms in total. The van der Waals surface area contributed by atoms with E-state index in [0.717, 1.165) is 11.3 Å². The summed E-state index contributed by atoms with van der Waals surface area (Å²) in [5.41, 5.74) is 0. The van der Waals surface area contributed by atoms with Gasteiger partial charge in [0.25, 0.3) is 5.91 Å². The molecule has 8 heteroatoms. The lowest BCUT2D eigenvalue weighted by molar-refractivity contribution is -0.137. The molecule has 0 aliphatic carbocycles. The fourth-order valence-corrected chi connectivity index (χ4v) is 2.55. The zero-order valence-electron chi connectivity index (χ0n) is 11.5. The number of carboxylic acid groups (broad SMARTS) is 1. The van der Waals surface area contributed by atoms with Gasteiger partial charge in [-0.3, -0.25) is 9.59 Å². The van der Waals surface area contributed by atoms with Gasteiger partial charge in [-0.05, 0) is 25.8 Å². The number of hydrogen-bond acceptors (Lipinski definition) is 4. The van der Waals surface area contributed by atoms with Gasteiger partial charge in [0, 0.05) is 17.8 Å². The number of carbonyl (C=O) groups is 2. The van der Waals surface area contributed by atoms with E-state index in [-0.39, 0.29) is 17.0 Å². The molecular formula is C13H17F2NO4S. The predicted molar refractivity (Wildman–Crippen MR) is 74.1 cm³/mol. The fraction of sp³-hybridized carbons (Fsp3) is 0.538. The summed E-state index contributed by atoms with van der Waals surface area (Å²) in [5, 5.41) is 11.1. The van der Waals surface area contributed by atoms with Crippen molar-refractivity contribution in [3.8, 4) is 5.75 Å². The molecule has 0 atom stereocenters. The minimum Gasteiger partial charge on any atom is -0.481 e. The van der Waals surface area contributed by atoms with Crippen molar-refractivity contribution in [3.63, 3.8) is 0 Å². The molecule has 0 unspecified atom stereocenters. The first-order valence-electron chi connectivity index (χ1n) is 6.45. The monoisotopic (exact) mass is 321 g/mol. The molecule has 0 radical (unpaired) electrons. The molecule has 0 bridgehead atoms. The summed E-state index contributed by atoms with van der Waals surface area (Å²) in [7, 11) is 0. The number of rotatable bonds is 9. The average Bonchev–Trinajstić information content (AvgIpc) is 2.73. The quantitative estimate of drug-likeness (QED) is 0.686. The maximum atomic E-state index is 12.2. The number of alkyl halides is 2. The Kier molecular flexibility index (Phi) is 7.07. The summed E-state index contributed by atoms with van der Waals surface area (Å²) in [6.45, 7) is -0.906. The lowest BCUT2D eigenvalue weighted by atomic mass is 10.2. The SMILES string of the molecule is Cc1cc(OC(F)F)c(C(=O)NCCCCCC(=O)O)s1. The number of nitrogens with one attached hydrogen (secondary N) is 1. The molecule has 0 aromatic carbocycles. The maximum Gasteiger partial charge on any atom is 0.387 e. The summed E-state index contributed by atoms with van der Waals surface area (Å²) < 4.78 is 28.8. The van der Waals surface area contributed by atoms with Crippen molar-refractivity contribution in [1.29, 1.82) is 0 Å². The number of hydrogen-bond donors (Lipinski definition) is 2. The van der Waals surface area contributed by atoms with Crippen molar-refractivity contribution < 1.29 is 28.2 Å². The van der Waals surface area contributed by atoms with E-state index in [2.05, 4.69) is 10.1 Å². The predicted octanol–water partition coefficient (Wildman–Crippen LogP) is 3.03. The van der Waals surface area contributed by atoms with Crippen molar-refractivity contribution >= 4 is 23.2 Å². The second kappa shape index (κ2) is 8.56. The Balaban J connectivity index is 2.39. The number of thiophene rings is 1. The van der Waals surface area contributed by atoms with Crippen LogP contribution in [-0.4, -0.2) is 30.1 Å². The molecule has 0 fully saturated rings. The second-order valence-electron chi connectivity index (χ2n) is 4.39. The number of unbranched alkanes of at least 4 members (excludes halogenated alkanes) is 2. The Hall–Kier alpha value is -1.70. The van der Waals surface area contributed by atoms with Gasteiger partial charge in [-0.1, -0.05) is 6.42 Å². The molecule has 1 aromatic heterocycles. The second-order valence-corrected chi connectivity index (χ2v) is 5.65. The standard InChI is InChI=1S/C13H17F2NO4S/c1-8-7-9(20-13(14)15)11(21-8)12(19)16-6-4-2-3-5-10(17)18/h7,13H,2-6H2,1H3,(H,16,19)(H,17,18). The molecule has 1 heterocycles. The van der Waals surface area contributed by atoms with Crippen LogP contribution >= 0.6 is 11.3 Å². The van der Waals surface area contributed by atoms with Crippen LogP contribution in [0.15, 0.2) is 6.07 Å². The van der Waals surface area contributed by atoms with Crippen LogP contribution < -0.4 is 10.1 Å². The molecule has 0 spiro atoms. The van der Waals surface area contributed by atoms with E-state index in [0.29, 0.717) is 30.7 Å². The third-order valence-electron chi connectivity index (χ3n) is 2.60. The average molecular weight is 321 g/mol. The minimum absolute atomic E-state index is 0.102. The molecule has 0 aliphatic heterocycles. The van der Waals surface area contributed by atoms with Gasteiger partial charge in [-0.25, -0.2) is 0 Å². The Labute approximate surface area is 124 Å². The summed E-state index contributed by atoms with van der Waals surface area (Å²) >= 11 is 1.09. The van der Waals surface area contributed by atoms with Gasteiger partial charge in [0.15, 0.2) is 0 Å². The maximum absolute atomic E-state index is 12.2. The van der Waals surface area contributed by atoms with E-state index in [4.69, 9.17) is 5.11 Å². The van der Waals surface area contributed by atoms with Gasteiger partial charge in [-0.15, -0.1) is 11.3 Å². The largest absolute Gasteiger partial charge is 0.481 e. The first kappa shape index (κ1) is 17.4. The molecule has 1 aromatic rings. The molecule has 21 heavy (non-hydrogen) atoms. The molecule has 1 rings (SSSR count). The lowest BCUT2D eigenvalue weighted by Gasteiger charge is -2.06. The van der Waals surface area contributed by atoms with E-state index in [1.54, 1.807) is 6.92 Å². The lowest BCUT2D eigenvalue weighted by Crippen LogP contribution is -2.24. The first-order chi connectivity index (χ1) is 9.90. The third kappa shape index (κ3) is 6.52. The molecule has 118 valence electrons. The number of carbonyl (C=O) groups excluding carboxylic acids is 1. The van der Waals surface area contributed by atoms with Gasteiger partial charge in [0.05, 0.1) is 0 Å². The van der Waals surface area contributed by atoms with Gasteiger partial charge in [-0.2, -0.15) is 8.78 Å². The molecular weight excluding hydrogens is 304 g/mol. The summed E-state index contributed by atoms with van der Waals surface area (Å²) in [6.07, 6.45) is 1.96. The number of amides is 1. The van der Waals surface area contributed by atoms with Crippen LogP contribution in [0, 0.1) is 6.92 Å². The third-order valence-corrected chi connectivity index (χ3v) is 3.63. The Morgan fingerprint density at radius 1 is 1.38 bits per heavy atom. The zero-order valence-corrected chi connectivity index (χ0v) is 12.3. The van der Waals surface area contributed by atoms with Crippen LogP contribution in [-0.2, 0) is 4.79 Å². The van der Waals surface area contributed by atoms with E-state index in [1.165, 1.54) is 6.07 Å². The number of carboxylic acids is 1. The van der Waals surface area contributed by atoms with Crippen LogP contribution in [0.3, 0.4) is 0 Å². The fourth-order valence-electron chi connectivity index (χ4n) is 1.69. The van der Waals surface area contributed by atoms with Crippen molar-refractivity contribution in [3.05, 3.63) is 15.8 Å². The number of aryl methyl sites for hydroxylation is 1. The normalized spacial score (nSPS) is 10.7. The van der Waals surface area contributed by atoms with Gasteiger partial charge < -0.3 is 15.2 Å². The Bertz CT molecular complexity index is 491. The molecule has 0 saturated carbocycles. The highest BCUT2D eigenvalue weighted by molar-refractivity contribution is 7.14. The zero-order chi connectivity index (χ0) is 15.8. The highest BCUT2D eigenvalue weighted by atomic mass is 32.1. The molecule has 0 aliphatic rings. The van der Waals surface area contributed by atoms with Crippen LogP contribution in [0.25, 0.3) is 0 Å². The van der Waals surface area contributed by atoms with E-state index in [1.807, 2.05) is 0 Å².